The number of carbonyl (C=O) groups excluding carboxylic acids is 1. The summed E-state index contributed by atoms with van der Waals surface area (Å²) >= 11 is 0. The lowest BCUT2D eigenvalue weighted by atomic mass is 10.1. The summed E-state index contributed by atoms with van der Waals surface area (Å²) in [7, 11) is 0. The molecule has 1 aromatic heterocycles. The molecule has 1 atom stereocenters. The molecule has 0 aliphatic heterocycles. The van der Waals surface area contributed by atoms with Crippen LogP contribution in [0.3, 0.4) is 0 Å². The van der Waals surface area contributed by atoms with E-state index in [0.29, 0.717) is 17.8 Å². The van der Waals surface area contributed by atoms with Gasteiger partial charge in [-0.05, 0) is 30.0 Å². The minimum atomic E-state index is -1.09. The molecule has 0 aliphatic rings. The number of fused-ring (bicyclic) bond motifs is 1. The van der Waals surface area contributed by atoms with Crippen LogP contribution in [0.2, 0.25) is 0 Å². The molecule has 2 N–H and O–H groups in total. The molecule has 7 nitrogen and oxygen atoms in total. The number of carboxylic acid groups (broad SMARTS) is 1. The van der Waals surface area contributed by atoms with E-state index in [2.05, 4.69) is 5.32 Å². The van der Waals surface area contributed by atoms with E-state index < -0.39 is 23.5 Å². The number of aryl methyl sites for hydroxylation is 1. The lowest BCUT2D eigenvalue weighted by Gasteiger charge is -2.18. The first-order valence-electron chi connectivity index (χ1n) is 8.03. The molecule has 134 valence electrons. The lowest BCUT2D eigenvalue weighted by Crippen LogP contribution is -2.46. The largest absolute Gasteiger partial charge is 0.484 e. The van der Waals surface area contributed by atoms with E-state index in [1.54, 1.807) is 32.0 Å². The number of aliphatic carboxylic acids is 1. The van der Waals surface area contributed by atoms with Crippen molar-refractivity contribution in [3.63, 3.8) is 0 Å². The molecule has 0 radical (unpaired) electrons. The summed E-state index contributed by atoms with van der Waals surface area (Å²) in [5.74, 6) is -1.52. The number of hydrogen-bond acceptors (Lipinski definition) is 5. The smallest absolute Gasteiger partial charge is 0.336 e. The Hall–Kier alpha value is -2.83. The van der Waals surface area contributed by atoms with Gasteiger partial charge in [0.15, 0.2) is 6.61 Å². The fourth-order valence-corrected chi connectivity index (χ4v) is 2.47. The van der Waals surface area contributed by atoms with E-state index >= 15 is 0 Å². The Morgan fingerprint density at radius 3 is 2.60 bits per heavy atom. The predicted octanol–water partition coefficient (Wildman–Crippen LogP) is 1.96. The molecular weight excluding hydrogens is 326 g/mol. The van der Waals surface area contributed by atoms with Crippen LogP contribution < -0.4 is 15.7 Å². The molecule has 0 saturated carbocycles. The van der Waals surface area contributed by atoms with Crippen LogP contribution >= 0.6 is 0 Å². The fraction of sp³-hybridized carbons (Fsp3) is 0.389. The van der Waals surface area contributed by atoms with Gasteiger partial charge >= 0.3 is 11.6 Å². The molecule has 2 aromatic rings. The van der Waals surface area contributed by atoms with Crippen molar-refractivity contribution in [2.24, 2.45) is 5.92 Å². The molecule has 0 saturated heterocycles. The van der Waals surface area contributed by atoms with Crippen molar-refractivity contribution in [2.75, 3.05) is 6.61 Å². The molecular formula is C18H21NO6. The van der Waals surface area contributed by atoms with Crippen LogP contribution in [0.25, 0.3) is 11.0 Å². The van der Waals surface area contributed by atoms with E-state index in [9.17, 15) is 14.4 Å². The van der Waals surface area contributed by atoms with E-state index in [-0.39, 0.29) is 12.5 Å². The molecule has 1 amide bonds. The second-order valence-electron chi connectivity index (χ2n) is 6.02. The Morgan fingerprint density at radius 2 is 2.00 bits per heavy atom. The Bertz CT molecular complexity index is 839. The Labute approximate surface area is 144 Å². The second kappa shape index (κ2) is 7.83. The number of carbonyl (C=O) groups is 2. The molecule has 2 rings (SSSR count). The minimum absolute atomic E-state index is 0.246. The summed E-state index contributed by atoms with van der Waals surface area (Å²) in [6.07, 6.45) is 0.691. The molecule has 0 aliphatic carbocycles. The third-order valence-corrected chi connectivity index (χ3v) is 3.80. The maximum atomic E-state index is 11.9. The number of amides is 1. The summed E-state index contributed by atoms with van der Waals surface area (Å²) in [4.78, 5) is 34.5. The third kappa shape index (κ3) is 4.59. The molecule has 1 aromatic carbocycles. The maximum Gasteiger partial charge on any atom is 0.336 e. The second-order valence-corrected chi connectivity index (χ2v) is 6.02. The zero-order valence-corrected chi connectivity index (χ0v) is 14.4. The summed E-state index contributed by atoms with van der Waals surface area (Å²) < 4.78 is 10.5. The summed E-state index contributed by atoms with van der Waals surface area (Å²) in [5.41, 5.74) is 0.810. The SMILES string of the molecule is CCc1cc(=O)oc2cc(OCC(=O)N[C@@H](C(=O)O)C(C)C)ccc12. The predicted molar refractivity (Wildman–Crippen MR) is 91.8 cm³/mol. The first-order valence-corrected chi connectivity index (χ1v) is 8.03. The molecule has 25 heavy (non-hydrogen) atoms. The van der Waals surface area contributed by atoms with Gasteiger partial charge in [-0.25, -0.2) is 9.59 Å². The maximum absolute atomic E-state index is 11.9. The highest BCUT2D eigenvalue weighted by molar-refractivity contribution is 5.85. The summed E-state index contributed by atoms with van der Waals surface area (Å²) in [6, 6.07) is 5.46. The quantitative estimate of drug-likeness (QED) is 0.742. The van der Waals surface area contributed by atoms with Crippen LogP contribution in [-0.4, -0.2) is 29.6 Å². The van der Waals surface area contributed by atoms with Crippen molar-refractivity contribution >= 4 is 22.8 Å². The molecule has 0 fully saturated rings. The monoisotopic (exact) mass is 347 g/mol. The van der Waals surface area contributed by atoms with E-state index in [4.69, 9.17) is 14.3 Å². The molecule has 7 heteroatoms. The number of nitrogens with one attached hydrogen (secondary N) is 1. The highest BCUT2D eigenvalue weighted by Gasteiger charge is 2.23. The van der Waals surface area contributed by atoms with Gasteiger partial charge in [0.1, 0.15) is 17.4 Å². The van der Waals surface area contributed by atoms with E-state index in [1.807, 2.05) is 6.92 Å². The van der Waals surface area contributed by atoms with Crippen LogP contribution in [-0.2, 0) is 16.0 Å². The zero-order chi connectivity index (χ0) is 18.6. The normalized spacial score (nSPS) is 12.2. The number of hydrogen-bond donors (Lipinski definition) is 2. The van der Waals surface area contributed by atoms with Crippen LogP contribution in [0.15, 0.2) is 33.5 Å². The lowest BCUT2D eigenvalue weighted by molar-refractivity contribution is -0.143. The summed E-state index contributed by atoms with van der Waals surface area (Å²) in [5, 5.41) is 12.3. The molecule has 1 heterocycles. The first-order chi connectivity index (χ1) is 11.8. The highest BCUT2D eigenvalue weighted by atomic mass is 16.5. The van der Waals surface area contributed by atoms with Gasteiger partial charge in [-0.15, -0.1) is 0 Å². The third-order valence-electron chi connectivity index (χ3n) is 3.80. The number of carboxylic acids is 1. The van der Waals surface area contributed by atoms with Crippen molar-refractivity contribution < 1.29 is 23.8 Å². The molecule has 0 unspecified atom stereocenters. The van der Waals surface area contributed by atoms with Gasteiger partial charge in [0.25, 0.3) is 5.91 Å². The van der Waals surface area contributed by atoms with Gasteiger partial charge in [-0.1, -0.05) is 20.8 Å². The summed E-state index contributed by atoms with van der Waals surface area (Å²) in [6.45, 7) is 5.02. The van der Waals surface area contributed by atoms with Crippen molar-refractivity contribution in [1.82, 2.24) is 5.32 Å². The van der Waals surface area contributed by atoms with Crippen molar-refractivity contribution in [1.29, 1.82) is 0 Å². The van der Waals surface area contributed by atoms with Crippen molar-refractivity contribution in [2.45, 2.75) is 33.2 Å². The Morgan fingerprint density at radius 1 is 1.28 bits per heavy atom. The minimum Gasteiger partial charge on any atom is -0.484 e. The van der Waals surface area contributed by atoms with Crippen LogP contribution in [0, 0.1) is 5.92 Å². The topological polar surface area (TPSA) is 106 Å². The van der Waals surface area contributed by atoms with E-state index in [0.717, 1.165) is 10.9 Å². The average Bonchev–Trinajstić information content (AvgIpc) is 2.55. The van der Waals surface area contributed by atoms with Gasteiger partial charge in [0.05, 0.1) is 0 Å². The van der Waals surface area contributed by atoms with Gasteiger partial charge < -0.3 is 19.6 Å². The molecule has 0 bridgehead atoms. The van der Waals surface area contributed by atoms with Crippen LogP contribution in [0.4, 0.5) is 0 Å². The number of ether oxygens (including phenoxy) is 1. The Kier molecular flexibility index (Phi) is 5.80. The van der Waals surface area contributed by atoms with Crippen LogP contribution in [0.5, 0.6) is 5.75 Å². The first kappa shape index (κ1) is 18.5. The Balaban J connectivity index is 2.09. The van der Waals surface area contributed by atoms with Gasteiger partial charge in [0, 0.05) is 17.5 Å². The van der Waals surface area contributed by atoms with E-state index in [1.165, 1.54) is 6.07 Å². The number of benzene rings is 1. The molecule has 0 spiro atoms. The van der Waals surface area contributed by atoms with Crippen molar-refractivity contribution in [3.05, 3.63) is 40.2 Å². The van der Waals surface area contributed by atoms with Gasteiger partial charge in [-0.2, -0.15) is 0 Å². The van der Waals surface area contributed by atoms with Crippen LogP contribution in [0.1, 0.15) is 26.3 Å². The van der Waals surface area contributed by atoms with Gasteiger partial charge in [0.2, 0.25) is 0 Å². The zero-order valence-electron chi connectivity index (χ0n) is 14.4. The fourth-order valence-electron chi connectivity index (χ4n) is 2.47. The average molecular weight is 347 g/mol. The van der Waals surface area contributed by atoms with Gasteiger partial charge in [-0.3, -0.25) is 4.79 Å². The van der Waals surface area contributed by atoms with Crippen molar-refractivity contribution in [3.8, 4) is 5.75 Å². The highest BCUT2D eigenvalue weighted by Crippen LogP contribution is 2.23. The standard InChI is InChI=1S/C18H21NO6/c1-4-11-7-16(21)25-14-8-12(5-6-13(11)14)24-9-15(20)19-17(10(2)3)18(22)23/h5-8,10,17H,4,9H2,1-3H3,(H,19,20)(H,22,23)/t17-/m1/s1. The number of rotatable bonds is 7.